The first kappa shape index (κ1) is 25.1. The molecule has 0 atom stereocenters. The molecule has 6 nitrogen and oxygen atoms in total. The Balaban J connectivity index is 1.58. The average Bonchev–Trinajstić information content (AvgIpc) is 2.77. The normalized spacial score (nSPS) is 10.5. The van der Waals surface area contributed by atoms with E-state index in [1.54, 1.807) is 25.1 Å². The van der Waals surface area contributed by atoms with Crippen LogP contribution in [0, 0.1) is 0 Å². The molecule has 2 amide bonds. The molecule has 2 aromatic rings. The van der Waals surface area contributed by atoms with Crippen molar-refractivity contribution in [1.82, 2.24) is 5.32 Å². The molecule has 0 aliphatic rings. The molecule has 32 heavy (non-hydrogen) atoms. The summed E-state index contributed by atoms with van der Waals surface area (Å²) < 4.78 is 0. The van der Waals surface area contributed by atoms with Crippen molar-refractivity contribution in [3.05, 3.63) is 59.7 Å². The molecule has 2 rings (SSSR count). The number of hydrogen-bond donors (Lipinski definition) is 3. The van der Waals surface area contributed by atoms with E-state index in [2.05, 4.69) is 10.6 Å². The second-order valence-corrected chi connectivity index (χ2v) is 8.09. The third-order valence-corrected chi connectivity index (χ3v) is 5.26. The summed E-state index contributed by atoms with van der Waals surface area (Å²) in [7, 11) is 0. The van der Waals surface area contributed by atoms with Crippen LogP contribution in [0.3, 0.4) is 0 Å². The fraction of sp³-hybridized carbons (Fsp3) is 0.423. The molecule has 0 aromatic heterocycles. The van der Waals surface area contributed by atoms with Gasteiger partial charge in [0.15, 0.2) is 0 Å². The number of anilines is 1. The molecule has 0 aliphatic heterocycles. The van der Waals surface area contributed by atoms with Gasteiger partial charge in [-0.2, -0.15) is 0 Å². The fourth-order valence-electron chi connectivity index (χ4n) is 3.42. The Bertz CT molecular complexity index is 878. The van der Waals surface area contributed by atoms with E-state index >= 15 is 0 Å². The maximum atomic E-state index is 12.2. The van der Waals surface area contributed by atoms with Gasteiger partial charge in [0.2, 0.25) is 5.91 Å². The third kappa shape index (κ3) is 9.77. The maximum Gasteiger partial charge on any atom is 0.259 e. The van der Waals surface area contributed by atoms with Crippen LogP contribution in [0.5, 0.6) is 5.75 Å². The summed E-state index contributed by atoms with van der Waals surface area (Å²) in [5.41, 5.74) is 1.99. The highest BCUT2D eigenvalue weighted by atomic mass is 16.3. The number of aromatic hydroxyl groups is 1. The number of para-hydroxylation sites is 1. The number of carbonyl (C=O) groups excluding carboxylic acids is 3. The molecule has 0 radical (unpaired) electrons. The molecule has 3 N–H and O–H groups in total. The molecular weight excluding hydrogens is 404 g/mol. The number of nitrogens with one attached hydrogen (secondary N) is 2. The monoisotopic (exact) mass is 438 g/mol. The van der Waals surface area contributed by atoms with Crippen LogP contribution in [0.15, 0.2) is 48.5 Å². The van der Waals surface area contributed by atoms with Gasteiger partial charge in [-0.25, -0.2) is 0 Å². The molecule has 172 valence electrons. The van der Waals surface area contributed by atoms with Gasteiger partial charge in [0, 0.05) is 25.1 Å². The maximum absolute atomic E-state index is 12.2. The quantitative estimate of drug-likeness (QED) is 0.361. The number of Topliss-reactive ketones (excluding diaryl/α,β-unsaturated/α-hetero) is 1. The molecule has 0 unspecified atom stereocenters. The number of carbonyl (C=O) groups is 3. The molecule has 6 heteroatoms. The summed E-state index contributed by atoms with van der Waals surface area (Å²) in [6, 6.07) is 13.9. The zero-order valence-electron chi connectivity index (χ0n) is 18.9. The Hall–Kier alpha value is -3.15. The minimum Gasteiger partial charge on any atom is -0.507 e. The zero-order valence-corrected chi connectivity index (χ0v) is 18.9. The Morgan fingerprint density at radius 3 is 2.22 bits per heavy atom. The molecular formula is C26H34N2O4. The van der Waals surface area contributed by atoms with E-state index < -0.39 is 0 Å². The summed E-state index contributed by atoms with van der Waals surface area (Å²) >= 11 is 0. The summed E-state index contributed by atoms with van der Waals surface area (Å²) in [6.45, 7) is 2.33. The van der Waals surface area contributed by atoms with Crippen LogP contribution in [0.25, 0.3) is 0 Å². The van der Waals surface area contributed by atoms with Gasteiger partial charge < -0.3 is 20.5 Å². The van der Waals surface area contributed by atoms with Crippen LogP contribution in [-0.2, 0) is 16.0 Å². The van der Waals surface area contributed by atoms with Crippen LogP contribution in [0.2, 0.25) is 0 Å². The lowest BCUT2D eigenvalue weighted by atomic mass is 10.1. The van der Waals surface area contributed by atoms with Gasteiger partial charge in [-0.1, -0.05) is 43.5 Å². The van der Waals surface area contributed by atoms with E-state index in [9.17, 15) is 19.5 Å². The van der Waals surface area contributed by atoms with Gasteiger partial charge in [0.1, 0.15) is 11.5 Å². The van der Waals surface area contributed by atoms with Crippen molar-refractivity contribution in [2.75, 3.05) is 11.9 Å². The molecule has 2 aromatic carbocycles. The molecule has 0 bridgehead atoms. The minimum absolute atomic E-state index is 0.0513. The minimum atomic E-state index is -0.358. The first-order valence-corrected chi connectivity index (χ1v) is 11.4. The standard InChI is InChI=1S/C26H34N2O4/c1-20(29)10-5-3-2-4-8-19-27-25(31)14-9-11-21-15-17-22(18-16-21)28-26(32)23-12-6-7-13-24(23)30/h6-7,12-13,15-18,30H,2-5,8-11,14,19H2,1H3,(H,27,31)(H,28,32). The van der Waals surface area contributed by atoms with Gasteiger partial charge in [0.05, 0.1) is 5.56 Å². The van der Waals surface area contributed by atoms with Crippen molar-refractivity contribution < 1.29 is 19.5 Å². The molecule has 0 spiro atoms. The molecule has 0 saturated heterocycles. The lowest BCUT2D eigenvalue weighted by Crippen LogP contribution is -2.24. The second-order valence-electron chi connectivity index (χ2n) is 8.09. The lowest BCUT2D eigenvalue weighted by Gasteiger charge is -2.08. The second kappa shape index (κ2) is 14.0. The number of rotatable bonds is 14. The Labute approximate surface area is 190 Å². The molecule has 0 aliphatic carbocycles. The first-order valence-electron chi connectivity index (χ1n) is 11.4. The van der Waals surface area contributed by atoms with E-state index in [0.29, 0.717) is 25.1 Å². The summed E-state index contributed by atoms with van der Waals surface area (Å²) in [4.78, 5) is 35.1. The van der Waals surface area contributed by atoms with Crippen molar-refractivity contribution in [3.8, 4) is 5.75 Å². The predicted molar refractivity (Wildman–Crippen MR) is 127 cm³/mol. The van der Waals surface area contributed by atoms with Crippen LogP contribution in [0.4, 0.5) is 5.69 Å². The third-order valence-electron chi connectivity index (χ3n) is 5.26. The van der Waals surface area contributed by atoms with Crippen LogP contribution >= 0.6 is 0 Å². The van der Waals surface area contributed by atoms with Gasteiger partial charge in [-0.05, 0) is 62.4 Å². The zero-order chi connectivity index (χ0) is 23.2. The lowest BCUT2D eigenvalue weighted by molar-refractivity contribution is -0.121. The summed E-state index contributed by atoms with van der Waals surface area (Å²) in [6.07, 6.45) is 7.90. The van der Waals surface area contributed by atoms with Gasteiger partial charge in [0.25, 0.3) is 5.91 Å². The van der Waals surface area contributed by atoms with Gasteiger partial charge in [-0.15, -0.1) is 0 Å². The highest BCUT2D eigenvalue weighted by Gasteiger charge is 2.10. The van der Waals surface area contributed by atoms with Crippen molar-refractivity contribution in [2.45, 2.75) is 64.7 Å². The molecule has 0 saturated carbocycles. The fourth-order valence-corrected chi connectivity index (χ4v) is 3.42. The van der Waals surface area contributed by atoms with E-state index in [4.69, 9.17) is 0 Å². The Morgan fingerprint density at radius 2 is 1.50 bits per heavy atom. The first-order chi connectivity index (χ1) is 15.5. The smallest absolute Gasteiger partial charge is 0.259 e. The number of amides is 2. The van der Waals surface area contributed by atoms with Crippen molar-refractivity contribution in [2.24, 2.45) is 0 Å². The van der Waals surface area contributed by atoms with Crippen molar-refractivity contribution in [1.29, 1.82) is 0 Å². The van der Waals surface area contributed by atoms with E-state index in [-0.39, 0.29) is 28.9 Å². The van der Waals surface area contributed by atoms with E-state index in [0.717, 1.165) is 50.5 Å². The number of unbranched alkanes of at least 4 members (excludes halogenated alkanes) is 4. The van der Waals surface area contributed by atoms with E-state index in [1.165, 1.54) is 6.07 Å². The van der Waals surface area contributed by atoms with Crippen molar-refractivity contribution in [3.63, 3.8) is 0 Å². The summed E-state index contributed by atoms with van der Waals surface area (Å²) in [5, 5.41) is 15.5. The number of aryl methyl sites for hydroxylation is 1. The van der Waals surface area contributed by atoms with Gasteiger partial charge in [-0.3, -0.25) is 9.59 Å². The topological polar surface area (TPSA) is 95.5 Å². The molecule has 0 heterocycles. The van der Waals surface area contributed by atoms with Crippen molar-refractivity contribution >= 4 is 23.3 Å². The SMILES string of the molecule is CC(=O)CCCCCCCNC(=O)CCCc1ccc(NC(=O)c2ccccc2O)cc1. The molecule has 0 fully saturated rings. The number of phenols is 1. The van der Waals surface area contributed by atoms with E-state index in [1.807, 2.05) is 24.3 Å². The van der Waals surface area contributed by atoms with Crippen LogP contribution in [0.1, 0.15) is 74.2 Å². The highest BCUT2D eigenvalue weighted by molar-refractivity contribution is 6.06. The van der Waals surface area contributed by atoms with Crippen LogP contribution < -0.4 is 10.6 Å². The number of hydrogen-bond acceptors (Lipinski definition) is 4. The number of benzene rings is 2. The predicted octanol–water partition coefficient (Wildman–Crippen LogP) is 5.01. The number of ketones is 1. The Morgan fingerprint density at radius 1 is 0.812 bits per heavy atom. The highest BCUT2D eigenvalue weighted by Crippen LogP contribution is 2.18. The van der Waals surface area contributed by atoms with Crippen LogP contribution in [-0.4, -0.2) is 29.2 Å². The Kier molecular flexibility index (Phi) is 11.0. The van der Waals surface area contributed by atoms with Gasteiger partial charge >= 0.3 is 0 Å². The largest absolute Gasteiger partial charge is 0.507 e. The average molecular weight is 439 g/mol. The summed E-state index contributed by atoms with van der Waals surface area (Å²) in [5.74, 6) is -0.0783. The number of phenolic OH excluding ortho intramolecular Hbond substituents is 1.